The molecule has 30 heavy (non-hydrogen) atoms. The molecule has 1 aromatic heterocycles. The van der Waals surface area contributed by atoms with Gasteiger partial charge in [-0.25, -0.2) is 0 Å². The highest BCUT2D eigenvalue weighted by Gasteiger charge is 2.25. The predicted molar refractivity (Wildman–Crippen MR) is 117 cm³/mol. The Bertz CT molecular complexity index is 927. The molecular formula is C23H29ClN2O4. The van der Waals surface area contributed by atoms with Crippen LogP contribution in [-0.2, 0) is 17.9 Å². The number of carbonyl (C=O) groups excluding carboxylic acids is 1. The van der Waals surface area contributed by atoms with E-state index in [2.05, 4.69) is 25.7 Å². The maximum atomic E-state index is 12.4. The summed E-state index contributed by atoms with van der Waals surface area (Å²) in [5.74, 6) is 0.949. The molecule has 1 aromatic carbocycles. The number of nitrogens with zero attached hydrogens (tertiary/aromatic N) is 2. The van der Waals surface area contributed by atoms with Gasteiger partial charge in [-0.2, -0.15) is 0 Å². The Morgan fingerprint density at radius 1 is 1.17 bits per heavy atom. The van der Waals surface area contributed by atoms with E-state index >= 15 is 0 Å². The molecule has 1 aliphatic rings. The Hall–Kier alpha value is -2.31. The number of piperazine rings is 1. The van der Waals surface area contributed by atoms with Gasteiger partial charge in [-0.3, -0.25) is 14.5 Å². The van der Waals surface area contributed by atoms with Crippen molar-refractivity contribution in [3.05, 3.63) is 63.2 Å². The van der Waals surface area contributed by atoms with Crippen LogP contribution in [0.3, 0.4) is 0 Å². The van der Waals surface area contributed by atoms with Gasteiger partial charge in [0.05, 0.1) is 6.54 Å². The molecule has 0 aliphatic carbocycles. The molecule has 0 N–H and O–H groups in total. The molecule has 0 saturated carbocycles. The van der Waals surface area contributed by atoms with Gasteiger partial charge >= 0.3 is 0 Å². The molecule has 1 aliphatic heterocycles. The first-order chi connectivity index (χ1) is 14.2. The summed E-state index contributed by atoms with van der Waals surface area (Å²) in [5.41, 5.74) is 0.580. The number of carbonyl (C=O) groups is 1. The van der Waals surface area contributed by atoms with Crippen LogP contribution in [0.1, 0.15) is 38.5 Å². The Balaban J connectivity index is 1.51. The Morgan fingerprint density at radius 2 is 1.87 bits per heavy atom. The Morgan fingerprint density at radius 3 is 2.50 bits per heavy atom. The van der Waals surface area contributed by atoms with Gasteiger partial charge in [0.2, 0.25) is 17.1 Å². The molecule has 1 fully saturated rings. The number of hydrogen-bond acceptors (Lipinski definition) is 5. The largest absolute Gasteiger partial charge is 0.482 e. The molecule has 0 bridgehead atoms. The van der Waals surface area contributed by atoms with Crippen LogP contribution in [0.5, 0.6) is 5.75 Å². The monoisotopic (exact) mass is 432 g/mol. The molecule has 3 rings (SSSR count). The molecule has 0 spiro atoms. The van der Waals surface area contributed by atoms with Gasteiger partial charge in [0.25, 0.3) is 0 Å². The zero-order valence-electron chi connectivity index (χ0n) is 17.8. The van der Waals surface area contributed by atoms with Crippen LogP contribution in [0.4, 0.5) is 0 Å². The van der Waals surface area contributed by atoms with Crippen molar-refractivity contribution in [2.75, 3.05) is 26.2 Å². The fraction of sp³-hybridized carbons (Fsp3) is 0.478. The minimum absolute atomic E-state index is 0.00666. The first kappa shape index (κ1) is 22.4. The molecule has 6 nitrogen and oxygen atoms in total. The van der Waals surface area contributed by atoms with Crippen LogP contribution in [0, 0.1) is 5.41 Å². The number of halogens is 1. The highest BCUT2D eigenvalue weighted by atomic mass is 35.5. The first-order valence-electron chi connectivity index (χ1n) is 10.2. The average Bonchev–Trinajstić information content (AvgIpc) is 2.68. The smallest absolute Gasteiger partial charge is 0.227 e. The lowest BCUT2D eigenvalue weighted by Crippen LogP contribution is -2.48. The second kappa shape index (κ2) is 9.67. The van der Waals surface area contributed by atoms with E-state index in [-0.39, 0.29) is 29.1 Å². The summed E-state index contributed by atoms with van der Waals surface area (Å²) >= 11 is 6.11. The quantitative estimate of drug-likeness (QED) is 0.691. The maximum absolute atomic E-state index is 12.4. The van der Waals surface area contributed by atoms with Gasteiger partial charge in [-0.15, -0.1) is 0 Å². The molecule has 162 valence electrons. The second-order valence-electron chi connectivity index (χ2n) is 8.85. The van der Waals surface area contributed by atoms with Gasteiger partial charge in [0, 0.05) is 49.3 Å². The normalized spacial score (nSPS) is 15.3. The molecule has 7 heteroatoms. The van der Waals surface area contributed by atoms with E-state index in [9.17, 15) is 9.59 Å². The lowest BCUT2D eigenvalue weighted by molar-refractivity contribution is -0.134. The number of hydrogen-bond donors (Lipinski definition) is 0. The van der Waals surface area contributed by atoms with Crippen LogP contribution in [0.15, 0.2) is 45.8 Å². The van der Waals surface area contributed by atoms with E-state index in [0.29, 0.717) is 36.8 Å². The zero-order chi connectivity index (χ0) is 21.7. The summed E-state index contributed by atoms with van der Waals surface area (Å²) in [5, 5.41) is 0.596. The number of ether oxygens (including phenoxy) is 1. The molecule has 2 heterocycles. The zero-order valence-corrected chi connectivity index (χ0v) is 18.6. The average molecular weight is 433 g/mol. The van der Waals surface area contributed by atoms with Crippen LogP contribution in [0.25, 0.3) is 0 Å². The van der Waals surface area contributed by atoms with E-state index in [0.717, 1.165) is 18.7 Å². The van der Waals surface area contributed by atoms with Crippen molar-refractivity contribution in [3.63, 3.8) is 0 Å². The summed E-state index contributed by atoms with van der Waals surface area (Å²) in [7, 11) is 0. The van der Waals surface area contributed by atoms with Crippen molar-refractivity contribution in [2.45, 2.75) is 40.3 Å². The maximum Gasteiger partial charge on any atom is 0.227 e. The lowest BCUT2D eigenvalue weighted by Gasteiger charge is -2.35. The summed E-state index contributed by atoms with van der Waals surface area (Å²) in [6.45, 7) is 9.85. The third-order valence-electron chi connectivity index (χ3n) is 4.98. The minimum atomic E-state index is -0.220. The Kier molecular flexibility index (Phi) is 7.21. The second-order valence-corrected chi connectivity index (χ2v) is 9.26. The molecular weight excluding hydrogens is 404 g/mol. The minimum Gasteiger partial charge on any atom is -0.482 e. The van der Waals surface area contributed by atoms with Gasteiger partial charge in [-0.1, -0.05) is 50.6 Å². The highest BCUT2D eigenvalue weighted by Crippen LogP contribution is 2.21. The van der Waals surface area contributed by atoms with E-state index in [1.54, 1.807) is 6.07 Å². The standard InChI is InChI=1S/C23H29ClN2O4/c1-23(2,3)13-22(28)26-10-8-25(9-11-26)14-18-12-20(27)21(16-29-18)30-15-17-6-4-5-7-19(17)24/h4-7,12,16H,8-11,13-15H2,1-3H3. The first-order valence-corrected chi connectivity index (χ1v) is 10.6. The molecule has 0 radical (unpaired) electrons. The van der Waals surface area contributed by atoms with E-state index in [4.69, 9.17) is 20.8 Å². The van der Waals surface area contributed by atoms with Gasteiger partial charge < -0.3 is 14.1 Å². The van der Waals surface area contributed by atoms with Gasteiger partial charge in [0.1, 0.15) is 18.6 Å². The molecule has 0 atom stereocenters. The van der Waals surface area contributed by atoms with Crippen LogP contribution in [0.2, 0.25) is 5.02 Å². The third-order valence-corrected chi connectivity index (χ3v) is 5.35. The van der Waals surface area contributed by atoms with Crippen molar-refractivity contribution in [3.8, 4) is 5.75 Å². The van der Waals surface area contributed by atoms with Gasteiger partial charge in [0.15, 0.2) is 0 Å². The van der Waals surface area contributed by atoms with E-state index in [1.807, 2.05) is 23.1 Å². The van der Waals surface area contributed by atoms with Crippen LogP contribution in [-0.4, -0.2) is 41.9 Å². The topological polar surface area (TPSA) is 63.0 Å². The highest BCUT2D eigenvalue weighted by molar-refractivity contribution is 6.31. The van der Waals surface area contributed by atoms with Crippen molar-refractivity contribution in [2.24, 2.45) is 5.41 Å². The number of rotatable bonds is 6. The number of amides is 1. The summed E-state index contributed by atoms with van der Waals surface area (Å²) < 4.78 is 11.2. The summed E-state index contributed by atoms with van der Waals surface area (Å²) in [6, 6.07) is 8.81. The van der Waals surface area contributed by atoms with E-state index in [1.165, 1.54) is 12.3 Å². The predicted octanol–water partition coefficient (Wildman–Crippen LogP) is 3.95. The number of benzene rings is 1. The van der Waals surface area contributed by atoms with E-state index < -0.39 is 0 Å². The van der Waals surface area contributed by atoms with Crippen LogP contribution >= 0.6 is 11.6 Å². The molecule has 1 saturated heterocycles. The molecule has 0 unspecified atom stereocenters. The third kappa shape index (κ3) is 6.34. The molecule has 1 amide bonds. The summed E-state index contributed by atoms with van der Waals surface area (Å²) in [4.78, 5) is 28.8. The fourth-order valence-electron chi connectivity index (χ4n) is 3.34. The fourth-order valence-corrected chi connectivity index (χ4v) is 3.53. The molecule has 2 aromatic rings. The SMILES string of the molecule is CC(C)(C)CC(=O)N1CCN(Cc2cc(=O)c(OCc3ccccc3Cl)co2)CC1. The van der Waals surface area contributed by atoms with Crippen molar-refractivity contribution in [1.82, 2.24) is 9.80 Å². The van der Waals surface area contributed by atoms with Crippen molar-refractivity contribution < 1.29 is 13.9 Å². The lowest BCUT2D eigenvalue weighted by atomic mass is 9.91. The van der Waals surface area contributed by atoms with Crippen molar-refractivity contribution in [1.29, 1.82) is 0 Å². The van der Waals surface area contributed by atoms with Crippen molar-refractivity contribution >= 4 is 17.5 Å². The Labute approximate surface area is 182 Å². The summed E-state index contributed by atoms with van der Waals surface area (Å²) in [6.07, 6.45) is 1.91. The van der Waals surface area contributed by atoms with Gasteiger partial charge in [-0.05, 0) is 11.5 Å². The van der Waals surface area contributed by atoms with Crippen LogP contribution < -0.4 is 10.2 Å².